The van der Waals surface area contributed by atoms with Crippen LogP contribution >= 0.6 is 0 Å². The number of rotatable bonds is 3. The van der Waals surface area contributed by atoms with E-state index < -0.39 is 0 Å². The fraction of sp³-hybridized carbons (Fsp3) is 0.545. The first-order valence-corrected chi connectivity index (χ1v) is 9.84. The summed E-state index contributed by atoms with van der Waals surface area (Å²) in [6, 6.07) is 4.00. The Hall–Kier alpha value is -2.30. The maximum Gasteiger partial charge on any atom is 0.227 e. The van der Waals surface area contributed by atoms with Gasteiger partial charge in [0.2, 0.25) is 5.91 Å². The van der Waals surface area contributed by atoms with Crippen LogP contribution < -0.4 is 0 Å². The Morgan fingerprint density at radius 3 is 2.33 bits per heavy atom. The number of piperidine rings is 1. The predicted octanol–water partition coefficient (Wildman–Crippen LogP) is 4.41. The third kappa shape index (κ3) is 4.34. The minimum absolute atomic E-state index is 0.234. The molecule has 0 bridgehead atoms. The fourth-order valence-corrected chi connectivity index (χ4v) is 3.62. The summed E-state index contributed by atoms with van der Waals surface area (Å²) in [5.74, 6) is 1.78. The molecule has 1 fully saturated rings. The van der Waals surface area contributed by atoms with Crippen LogP contribution in [0.15, 0.2) is 30.7 Å². The number of pyridine rings is 1. The summed E-state index contributed by atoms with van der Waals surface area (Å²) in [4.78, 5) is 28.3. The van der Waals surface area contributed by atoms with Gasteiger partial charge in [0.15, 0.2) is 0 Å². The van der Waals surface area contributed by atoms with Crippen LogP contribution in [-0.4, -0.2) is 38.8 Å². The Balaban J connectivity index is 1.79. The van der Waals surface area contributed by atoms with Gasteiger partial charge in [-0.25, -0.2) is 9.97 Å². The molecule has 27 heavy (non-hydrogen) atoms. The third-order valence-electron chi connectivity index (χ3n) is 5.16. The van der Waals surface area contributed by atoms with E-state index in [2.05, 4.69) is 18.8 Å². The van der Waals surface area contributed by atoms with Gasteiger partial charge in [0.05, 0.1) is 5.69 Å². The van der Waals surface area contributed by atoms with Gasteiger partial charge in [-0.15, -0.1) is 0 Å². The first-order valence-electron chi connectivity index (χ1n) is 9.84. The van der Waals surface area contributed by atoms with E-state index in [0.29, 0.717) is 11.8 Å². The van der Waals surface area contributed by atoms with Gasteiger partial charge in [0, 0.05) is 48.6 Å². The van der Waals surface area contributed by atoms with Gasteiger partial charge >= 0.3 is 0 Å². The van der Waals surface area contributed by atoms with E-state index in [1.165, 1.54) is 0 Å². The maximum atomic E-state index is 12.5. The standard InChI is InChI=1S/C22H30N4O/c1-15(2)19-18(16-6-10-23-11-7-16)14-24-20(25-19)17-8-12-26(13-9-17)21(27)22(3,4)5/h6-7,10-11,14-15,17H,8-9,12-13H2,1-5H3. The molecule has 5 nitrogen and oxygen atoms in total. The number of likely N-dealkylation sites (tertiary alicyclic amines) is 1. The molecule has 0 aromatic carbocycles. The summed E-state index contributed by atoms with van der Waals surface area (Å²) in [7, 11) is 0. The van der Waals surface area contributed by atoms with Crippen LogP contribution in [0.2, 0.25) is 0 Å². The largest absolute Gasteiger partial charge is 0.342 e. The van der Waals surface area contributed by atoms with E-state index in [1.54, 1.807) is 12.4 Å². The quantitative estimate of drug-likeness (QED) is 0.807. The highest BCUT2D eigenvalue weighted by Crippen LogP contribution is 2.32. The Morgan fingerprint density at radius 1 is 1.15 bits per heavy atom. The van der Waals surface area contributed by atoms with Gasteiger partial charge in [-0.1, -0.05) is 34.6 Å². The number of hydrogen-bond acceptors (Lipinski definition) is 4. The molecule has 0 saturated carbocycles. The number of aromatic nitrogens is 3. The second-order valence-electron chi connectivity index (χ2n) is 8.73. The monoisotopic (exact) mass is 366 g/mol. The average Bonchev–Trinajstić information content (AvgIpc) is 2.67. The summed E-state index contributed by atoms with van der Waals surface area (Å²) < 4.78 is 0. The number of amides is 1. The van der Waals surface area contributed by atoms with Gasteiger partial charge in [-0.05, 0) is 36.5 Å². The molecular weight excluding hydrogens is 336 g/mol. The van der Waals surface area contributed by atoms with Gasteiger partial charge in [0.25, 0.3) is 0 Å². The van der Waals surface area contributed by atoms with E-state index in [4.69, 9.17) is 9.97 Å². The molecule has 144 valence electrons. The van der Waals surface area contributed by atoms with Crippen LogP contribution in [0.4, 0.5) is 0 Å². The molecule has 5 heteroatoms. The molecule has 1 aliphatic rings. The molecule has 3 rings (SSSR count). The van der Waals surface area contributed by atoms with Crippen molar-refractivity contribution in [1.82, 2.24) is 19.9 Å². The highest BCUT2D eigenvalue weighted by atomic mass is 16.2. The molecule has 3 heterocycles. The normalized spacial score (nSPS) is 16.0. The van der Waals surface area contributed by atoms with Crippen molar-refractivity contribution in [2.24, 2.45) is 5.41 Å². The van der Waals surface area contributed by atoms with Crippen LogP contribution in [0.25, 0.3) is 11.1 Å². The fourth-order valence-electron chi connectivity index (χ4n) is 3.62. The van der Waals surface area contributed by atoms with Crippen LogP contribution in [0, 0.1) is 5.41 Å². The van der Waals surface area contributed by atoms with Crippen LogP contribution in [0.5, 0.6) is 0 Å². The lowest BCUT2D eigenvalue weighted by Crippen LogP contribution is -2.43. The lowest BCUT2D eigenvalue weighted by atomic mass is 9.90. The zero-order chi connectivity index (χ0) is 19.6. The maximum absolute atomic E-state index is 12.5. The Labute approximate surface area is 162 Å². The second-order valence-corrected chi connectivity index (χ2v) is 8.73. The lowest BCUT2D eigenvalue weighted by molar-refractivity contribution is -0.140. The first kappa shape index (κ1) is 19.5. The van der Waals surface area contributed by atoms with Gasteiger partial charge < -0.3 is 4.90 Å². The minimum Gasteiger partial charge on any atom is -0.342 e. The van der Waals surface area contributed by atoms with E-state index in [9.17, 15) is 4.79 Å². The van der Waals surface area contributed by atoms with Crippen LogP contribution in [-0.2, 0) is 4.79 Å². The molecule has 0 radical (unpaired) electrons. The smallest absolute Gasteiger partial charge is 0.227 e. The van der Waals surface area contributed by atoms with Crippen molar-refractivity contribution in [2.45, 2.75) is 59.3 Å². The number of nitrogens with zero attached hydrogens (tertiary/aromatic N) is 4. The Bertz CT molecular complexity index is 788. The second kappa shape index (κ2) is 7.75. The highest BCUT2D eigenvalue weighted by molar-refractivity contribution is 5.81. The lowest BCUT2D eigenvalue weighted by Gasteiger charge is -2.35. The Morgan fingerprint density at radius 2 is 1.78 bits per heavy atom. The van der Waals surface area contributed by atoms with Crippen molar-refractivity contribution in [2.75, 3.05) is 13.1 Å². The van der Waals surface area contributed by atoms with Crippen LogP contribution in [0.1, 0.15) is 70.8 Å². The van der Waals surface area contributed by atoms with Crippen molar-refractivity contribution in [3.8, 4) is 11.1 Å². The predicted molar refractivity (Wildman–Crippen MR) is 107 cm³/mol. The first-order chi connectivity index (χ1) is 12.8. The highest BCUT2D eigenvalue weighted by Gasteiger charge is 2.31. The zero-order valence-corrected chi connectivity index (χ0v) is 17.1. The van der Waals surface area contributed by atoms with Crippen molar-refractivity contribution >= 4 is 5.91 Å². The van der Waals surface area contributed by atoms with Gasteiger partial charge in [-0.2, -0.15) is 0 Å². The van der Waals surface area contributed by atoms with Crippen molar-refractivity contribution in [3.63, 3.8) is 0 Å². The topological polar surface area (TPSA) is 59.0 Å². The summed E-state index contributed by atoms with van der Waals surface area (Å²) in [6.45, 7) is 11.9. The summed E-state index contributed by atoms with van der Waals surface area (Å²) >= 11 is 0. The number of carbonyl (C=O) groups excluding carboxylic acids is 1. The third-order valence-corrected chi connectivity index (χ3v) is 5.16. The van der Waals surface area contributed by atoms with Crippen molar-refractivity contribution in [1.29, 1.82) is 0 Å². The molecule has 2 aromatic rings. The average molecular weight is 367 g/mol. The molecule has 1 saturated heterocycles. The van der Waals surface area contributed by atoms with E-state index in [1.807, 2.05) is 44.0 Å². The molecule has 0 N–H and O–H groups in total. The van der Waals surface area contributed by atoms with Crippen molar-refractivity contribution in [3.05, 3.63) is 42.2 Å². The van der Waals surface area contributed by atoms with E-state index in [0.717, 1.165) is 48.6 Å². The van der Waals surface area contributed by atoms with Crippen molar-refractivity contribution < 1.29 is 4.79 Å². The molecule has 0 spiro atoms. The van der Waals surface area contributed by atoms with Gasteiger partial charge in [0.1, 0.15) is 5.82 Å². The Kier molecular flexibility index (Phi) is 5.59. The number of hydrogen-bond donors (Lipinski definition) is 0. The van der Waals surface area contributed by atoms with E-state index >= 15 is 0 Å². The summed E-state index contributed by atoms with van der Waals surface area (Å²) in [5, 5.41) is 0. The minimum atomic E-state index is -0.319. The molecular formula is C22H30N4O. The molecule has 1 amide bonds. The molecule has 1 aliphatic heterocycles. The van der Waals surface area contributed by atoms with Gasteiger partial charge in [-0.3, -0.25) is 9.78 Å². The van der Waals surface area contributed by atoms with Crippen LogP contribution in [0.3, 0.4) is 0 Å². The zero-order valence-electron chi connectivity index (χ0n) is 17.1. The molecule has 2 aromatic heterocycles. The summed E-state index contributed by atoms with van der Waals surface area (Å²) in [5.41, 5.74) is 2.95. The molecule has 0 unspecified atom stereocenters. The SMILES string of the molecule is CC(C)c1nc(C2CCN(C(=O)C(C)(C)C)CC2)ncc1-c1ccncc1. The molecule has 0 atom stereocenters. The van der Waals surface area contributed by atoms with E-state index in [-0.39, 0.29) is 11.3 Å². The number of carbonyl (C=O) groups is 1. The molecule has 0 aliphatic carbocycles. The summed E-state index contributed by atoms with van der Waals surface area (Å²) in [6.07, 6.45) is 7.41.